The van der Waals surface area contributed by atoms with Crippen molar-refractivity contribution in [1.82, 2.24) is 0 Å². The molecule has 1 rings (SSSR count). The number of aliphatic hydroxyl groups excluding tert-OH is 3. The first-order chi connectivity index (χ1) is 12.0. The summed E-state index contributed by atoms with van der Waals surface area (Å²) in [5.41, 5.74) is 0. The quantitative estimate of drug-likeness (QED) is 0.300. The molecule has 4 N–H and O–H groups in total. The molecule has 0 bridgehead atoms. The smallest absolute Gasteiger partial charge is 0.332 e. The molecule has 146 valence electrons. The maximum absolute atomic E-state index is 10.6. The average Bonchev–Trinajstić information content (AvgIpc) is 2.83. The first kappa shape index (κ1) is 22.1. The molecule has 1 aliphatic rings. The molecule has 25 heavy (non-hydrogen) atoms. The monoisotopic (exact) mass is 356 g/mol. The summed E-state index contributed by atoms with van der Waals surface area (Å²) in [5, 5.41) is 38.3. The van der Waals surface area contributed by atoms with Gasteiger partial charge < -0.3 is 20.4 Å². The van der Waals surface area contributed by atoms with Crippen LogP contribution >= 0.6 is 0 Å². The van der Waals surface area contributed by atoms with Gasteiger partial charge in [-0.15, -0.1) is 0 Å². The fraction of sp³-hybridized carbons (Fsp3) is 0.850. The van der Waals surface area contributed by atoms with Crippen molar-refractivity contribution in [2.45, 2.75) is 95.9 Å². The van der Waals surface area contributed by atoms with Gasteiger partial charge in [0.05, 0.1) is 12.2 Å². The van der Waals surface area contributed by atoms with E-state index in [1.165, 1.54) is 25.7 Å². The van der Waals surface area contributed by atoms with Crippen LogP contribution in [0.2, 0.25) is 0 Å². The van der Waals surface area contributed by atoms with Gasteiger partial charge in [0.25, 0.3) is 0 Å². The number of carbonyl (C=O) groups is 1. The van der Waals surface area contributed by atoms with E-state index < -0.39 is 24.3 Å². The van der Waals surface area contributed by atoms with Gasteiger partial charge in [0.15, 0.2) is 6.10 Å². The Balaban J connectivity index is 2.31. The third-order valence-corrected chi connectivity index (χ3v) is 5.30. The molecule has 0 radical (unpaired) electrons. The molecule has 5 nitrogen and oxygen atoms in total. The van der Waals surface area contributed by atoms with E-state index in [1.54, 1.807) is 0 Å². The molecule has 0 aromatic carbocycles. The molecule has 1 aliphatic carbocycles. The molecule has 0 spiro atoms. The number of aliphatic hydroxyl groups is 3. The predicted octanol–water partition coefficient (Wildman–Crippen LogP) is 3.27. The summed E-state index contributed by atoms with van der Waals surface area (Å²) in [6, 6.07) is 0. The minimum Gasteiger partial charge on any atom is -0.479 e. The first-order valence-electron chi connectivity index (χ1n) is 9.91. The predicted molar refractivity (Wildman–Crippen MR) is 98.2 cm³/mol. The molecule has 5 heteroatoms. The largest absolute Gasteiger partial charge is 0.479 e. The van der Waals surface area contributed by atoms with Crippen molar-refractivity contribution in [2.75, 3.05) is 0 Å². The summed E-state index contributed by atoms with van der Waals surface area (Å²) in [7, 11) is 0. The maximum Gasteiger partial charge on any atom is 0.332 e. The van der Waals surface area contributed by atoms with Crippen molar-refractivity contribution in [3.05, 3.63) is 12.2 Å². The van der Waals surface area contributed by atoms with E-state index in [9.17, 15) is 20.1 Å². The number of hydrogen-bond acceptors (Lipinski definition) is 4. The van der Waals surface area contributed by atoms with Gasteiger partial charge in [-0.05, 0) is 31.6 Å². The lowest BCUT2D eigenvalue weighted by Gasteiger charge is -2.20. The number of carboxylic acid groups (broad SMARTS) is 1. The van der Waals surface area contributed by atoms with Crippen LogP contribution in [-0.4, -0.2) is 44.7 Å². The molecule has 5 atom stereocenters. The van der Waals surface area contributed by atoms with E-state index in [-0.39, 0.29) is 18.3 Å². The van der Waals surface area contributed by atoms with E-state index in [4.69, 9.17) is 5.11 Å². The van der Waals surface area contributed by atoms with Gasteiger partial charge >= 0.3 is 5.97 Å². The Morgan fingerprint density at radius 1 is 1.08 bits per heavy atom. The Hall–Kier alpha value is -0.910. The molecule has 1 unspecified atom stereocenters. The minimum atomic E-state index is -1.28. The lowest BCUT2D eigenvalue weighted by atomic mass is 9.88. The summed E-state index contributed by atoms with van der Waals surface area (Å²) in [5.74, 6) is -1.07. The summed E-state index contributed by atoms with van der Waals surface area (Å²) in [4.78, 5) is 10.6. The Kier molecular flexibility index (Phi) is 11.0. The van der Waals surface area contributed by atoms with Gasteiger partial charge in [0.1, 0.15) is 0 Å². The van der Waals surface area contributed by atoms with Crippen LogP contribution in [0.4, 0.5) is 0 Å². The number of rotatable bonds is 13. The number of unbranched alkanes of at least 4 members (excludes halogenated alkanes) is 6. The normalized spacial score (nSPS) is 27.8. The molecule has 0 heterocycles. The third kappa shape index (κ3) is 8.34. The zero-order valence-electron chi connectivity index (χ0n) is 15.5. The molecule has 0 aromatic heterocycles. The highest BCUT2D eigenvalue weighted by Crippen LogP contribution is 2.37. The highest BCUT2D eigenvalue weighted by molar-refractivity contribution is 5.71. The van der Waals surface area contributed by atoms with Crippen molar-refractivity contribution in [3.8, 4) is 0 Å². The molecule has 0 amide bonds. The number of hydrogen-bond donors (Lipinski definition) is 4. The van der Waals surface area contributed by atoms with Crippen LogP contribution in [-0.2, 0) is 4.79 Å². The number of allylic oxidation sites excluding steroid dienone is 1. The number of carboxylic acids is 1. The molecule has 1 fully saturated rings. The van der Waals surface area contributed by atoms with Gasteiger partial charge in [-0.25, -0.2) is 4.79 Å². The standard InChI is InChI=1S/C20H36O5/c1-2-3-4-5-6-8-11-15-16(19(23)14-18(15)22)12-9-7-10-13-17(21)20(24)25/h8,11,15-19,21-23H,2-7,9-10,12-14H2,1H3,(H,24,25)/b11-8+/t15-,16+,17?,18-,19-/m1/s1. The van der Waals surface area contributed by atoms with E-state index in [0.29, 0.717) is 12.8 Å². The van der Waals surface area contributed by atoms with Crippen LogP contribution in [0.1, 0.15) is 77.6 Å². The molecule has 1 saturated carbocycles. The minimum absolute atomic E-state index is 0.0192. The van der Waals surface area contributed by atoms with Crippen LogP contribution in [0.3, 0.4) is 0 Å². The lowest BCUT2D eigenvalue weighted by molar-refractivity contribution is -0.146. The topological polar surface area (TPSA) is 98.0 Å². The van der Waals surface area contributed by atoms with Gasteiger partial charge in [0, 0.05) is 12.3 Å². The summed E-state index contributed by atoms with van der Waals surface area (Å²) in [6.07, 6.45) is 11.9. The zero-order chi connectivity index (χ0) is 18.7. The van der Waals surface area contributed by atoms with Crippen LogP contribution < -0.4 is 0 Å². The molecule has 0 aliphatic heterocycles. The summed E-state index contributed by atoms with van der Waals surface area (Å²) < 4.78 is 0. The highest BCUT2D eigenvalue weighted by Gasteiger charge is 2.39. The van der Waals surface area contributed by atoms with Crippen LogP contribution in [0.15, 0.2) is 12.2 Å². The summed E-state index contributed by atoms with van der Waals surface area (Å²) in [6.45, 7) is 2.19. The van der Waals surface area contributed by atoms with Crippen molar-refractivity contribution < 1.29 is 25.2 Å². The van der Waals surface area contributed by atoms with Crippen LogP contribution in [0.25, 0.3) is 0 Å². The Labute approximate surface area is 151 Å². The molecule has 0 saturated heterocycles. The van der Waals surface area contributed by atoms with Crippen LogP contribution in [0, 0.1) is 11.8 Å². The average molecular weight is 357 g/mol. The summed E-state index contributed by atoms with van der Waals surface area (Å²) >= 11 is 0. The molecular formula is C20H36O5. The Bertz CT molecular complexity index is 396. The van der Waals surface area contributed by atoms with Crippen molar-refractivity contribution in [2.24, 2.45) is 11.8 Å². The van der Waals surface area contributed by atoms with E-state index >= 15 is 0 Å². The fourth-order valence-corrected chi connectivity index (χ4v) is 3.74. The second kappa shape index (κ2) is 12.4. The third-order valence-electron chi connectivity index (χ3n) is 5.30. The zero-order valence-corrected chi connectivity index (χ0v) is 15.5. The van der Waals surface area contributed by atoms with Crippen molar-refractivity contribution in [3.63, 3.8) is 0 Å². The SMILES string of the molecule is CCCCCC/C=C/[C@@H]1[C@H](CCCCCC(O)C(=O)O)[C@H](O)C[C@H]1O. The van der Waals surface area contributed by atoms with Gasteiger partial charge in [-0.3, -0.25) is 0 Å². The Morgan fingerprint density at radius 2 is 1.80 bits per heavy atom. The number of aliphatic carboxylic acids is 1. The molecular weight excluding hydrogens is 320 g/mol. The highest BCUT2D eigenvalue weighted by atomic mass is 16.4. The van der Waals surface area contributed by atoms with Crippen molar-refractivity contribution >= 4 is 5.97 Å². The second-order valence-electron chi connectivity index (χ2n) is 7.38. The molecule has 0 aromatic rings. The second-order valence-corrected chi connectivity index (χ2v) is 7.38. The van der Waals surface area contributed by atoms with E-state index in [2.05, 4.69) is 19.1 Å². The van der Waals surface area contributed by atoms with Gasteiger partial charge in [-0.2, -0.15) is 0 Å². The van der Waals surface area contributed by atoms with E-state index in [1.807, 2.05) is 0 Å². The van der Waals surface area contributed by atoms with E-state index in [0.717, 1.165) is 25.7 Å². The maximum atomic E-state index is 10.6. The first-order valence-corrected chi connectivity index (χ1v) is 9.91. The fourth-order valence-electron chi connectivity index (χ4n) is 3.74. The van der Waals surface area contributed by atoms with Gasteiger partial charge in [-0.1, -0.05) is 57.6 Å². The van der Waals surface area contributed by atoms with Crippen LogP contribution in [0.5, 0.6) is 0 Å². The lowest BCUT2D eigenvalue weighted by Crippen LogP contribution is -2.21. The van der Waals surface area contributed by atoms with Crippen molar-refractivity contribution in [1.29, 1.82) is 0 Å². The van der Waals surface area contributed by atoms with Gasteiger partial charge in [0.2, 0.25) is 0 Å². The Morgan fingerprint density at radius 3 is 2.48 bits per heavy atom.